The Morgan fingerprint density at radius 1 is 1.35 bits per heavy atom. The zero-order chi connectivity index (χ0) is 14.5. The second-order valence-electron chi connectivity index (χ2n) is 4.60. The van der Waals surface area contributed by atoms with Gasteiger partial charge in [0.15, 0.2) is 12.4 Å². The molecule has 7 heteroatoms. The van der Waals surface area contributed by atoms with Crippen molar-refractivity contribution < 1.29 is 14.5 Å². The number of likely N-dealkylation sites (tertiary alicyclic amines) is 1. The van der Waals surface area contributed by atoms with Crippen molar-refractivity contribution in [3.05, 3.63) is 33.3 Å². The van der Waals surface area contributed by atoms with Crippen LogP contribution in [-0.4, -0.2) is 35.4 Å². The minimum absolute atomic E-state index is 0.0212. The number of nitro groups is 1. The number of hydrogen-bond donors (Lipinski definition) is 0. The van der Waals surface area contributed by atoms with E-state index in [1.807, 2.05) is 0 Å². The highest BCUT2D eigenvalue weighted by atomic mass is 35.5. The molecule has 0 aliphatic carbocycles. The minimum atomic E-state index is -0.558. The number of carbonyl (C=O) groups is 1. The van der Waals surface area contributed by atoms with Crippen molar-refractivity contribution in [1.82, 2.24) is 4.90 Å². The monoisotopic (exact) mass is 298 g/mol. The maximum Gasteiger partial charge on any atom is 0.311 e. The van der Waals surface area contributed by atoms with Crippen LogP contribution < -0.4 is 4.74 Å². The first-order valence-electron chi connectivity index (χ1n) is 6.42. The van der Waals surface area contributed by atoms with E-state index in [-0.39, 0.29) is 24.0 Å². The highest BCUT2D eigenvalue weighted by Gasteiger charge is 2.20. The molecule has 108 valence electrons. The summed E-state index contributed by atoms with van der Waals surface area (Å²) in [5, 5.41) is 11.2. The van der Waals surface area contributed by atoms with Crippen LogP contribution in [0, 0.1) is 10.1 Å². The van der Waals surface area contributed by atoms with Gasteiger partial charge in [-0.2, -0.15) is 0 Å². The van der Waals surface area contributed by atoms with E-state index in [1.54, 1.807) is 4.90 Å². The molecule has 2 rings (SSSR count). The van der Waals surface area contributed by atoms with Gasteiger partial charge in [-0.3, -0.25) is 14.9 Å². The van der Waals surface area contributed by atoms with Crippen LogP contribution in [-0.2, 0) is 4.79 Å². The van der Waals surface area contributed by atoms with Gasteiger partial charge in [0.2, 0.25) is 0 Å². The van der Waals surface area contributed by atoms with Gasteiger partial charge >= 0.3 is 5.69 Å². The molecule has 1 aromatic rings. The van der Waals surface area contributed by atoms with Gasteiger partial charge in [-0.05, 0) is 25.3 Å². The smallest absolute Gasteiger partial charge is 0.311 e. The molecule has 0 N–H and O–H groups in total. The first kappa shape index (κ1) is 14.6. The third kappa shape index (κ3) is 3.60. The molecule has 1 fully saturated rings. The predicted molar refractivity (Wildman–Crippen MR) is 74.0 cm³/mol. The zero-order valence-electron chi connectivity index (χ0n) is 10.9. The number of amides is 1. The van der Waals surface area contributed by atoms with Gasteiger partial charge in [0.05, 0.1) is 4.92 Å². The van der Waals surface area contributed by atoms with Crippen molar-refractivity contribution in [2.75, 3.05) is 19.7 Å². The molecule has 0 radical (unpaired) electrons. The lowest BCUT2D eigenvalue weighted by atomic mass is 10.1. The molecule has 0 atom stereocenters. The van der Waals surface area contributed by atoms with E-state index in [4.69, 9.17) is 16.3 Å². The Balaban J connectivity index is 2.01. The number of nitro benzene ring substituents is 1. The van der Waals surface area contributed by atoms with Gasteiger partial charge in [0.25, 0.3) is 5.91 Å². The van der Waals surface area contributed by atoms with E-state index in [1.165, 1.54) is 18.2 Å². The third-order valence-electron chi connectivity index (χ3n) is 3.18. The van der Waals surface area contributed by atoms with Crippen LogP contribution in [0.25, 0.3) is 0 Å². The fraction of sp³-hybridized carbons (Fsp3) is 0.462. The summed E-state index contributed by atoms with van der Waals surface area (Å²) in [5.74, 6) is -0.133. The number of rotatable bonds is 4. The Labute approximate surface area is 121 Å². The highest BCUT2D eigenvalue weighted by Crippen LogP contribution is 2.29. The second-order valence-corrected chi connectivity index (χ2v) is 5.04. The summed E-state index contributed by atoms with van der Waals surface area (Å²) in [6.45, 7) is 1.24. The van der Waals surface area contributed by atoms with Gasteiger partial charge in [-0.15, -0.1) is 0 Å². The van der Waals surface area contributed by atoms with Crippen molar-refractivity contribution in [2.24, 2.45) is 0 Å². The molecule has 1 aliphatic rings. The van der Waals surface area contributed by atoms with Gasteiger partial charge in [-0.25, -0.2) is 0 Å². The first-order chi connectivity index (χ1) is 9.58. The Morgan fingerprint density at radius 2 is 2.05 bits per heavy atom. The van der Waals surface area contributed by atoms with Crippen LogP contribution in [0.3, 0.4) is 0 Å². The summed E-state index contributed by atoms with van der Waals surface area (Å²) in [6, 6.07) is 4.03. The largest absolute Gasteiger partial charge is 0.477 e. The average molecular weight is 299 g/mol. The molecule has 1 aromatic carbocycles. The Morgan fingerprint density at radius 3 is 2.70 bits per heavy atom. The average Bonchev–Trinajstić information content (AvgIpc) is 2.45. The number of nitrogens with zero attached hydrogens (tertiary/aromatic N) is 2. The Kier molecular flexibility index (Phi) is 4.79. The lowest BCUT2D eigenvalue weighted by Gasteiger charge is -2.26. The SMILES string of the molecule is O=C(COc1cc(Cl)ccc1[N+](=O)[O-])N1CCCCC1. The molecule has 0 saturated carbocycles. The van der Waals surface area contributed by atoms with E-state index < -0.39 is 4.92 Å². The molecular weight excluding hydrogens is 284 g/mol. The molecule has 1 heterocycles. The number of piperidine rings is 1. The van der Waals surface area contributed by atoms with E-state index in [2.05, 4.69) is 0 Å². The minimum Gasteiger partial charge on any atom is -0.477 e. The Hall–Kier alpha value is -1.82. The highest BCUT2D eigenvalue weighted by molar-refractivity contribution is 6.30. The van der Waals surface area contributed by atoms with Crippen molar-refractivity contribution >= 4 is 23.2 Å². The van der Waals surface area contributed by atoms with E-state index in [9.17, 15) is 14.9 Å². The van der Waals surface area contributed by atoms with Crippen LogP contribution in [0.4, 0.5) is 5.69 Å². The second kappa shape index (κ2) is 6.56. The maximum absolute atomic E-state index is 11.9. The number of halogens is 1. The number of hydrogen-bond acceptors (Lipinski definition) is 4. The van der Waals surface area contributed by atoms with E-state index in [0.29, 0.717) is 5.02 Å². The van der Waals surface area contributed by atoms with Gasteiger partial charge in [0.1, 0.15) is 0 Å². The number of carbonyl (C=O) groups excluding carboxylic acids is 1. The topological polar surface area (TPSA) is 72.7 Å². The lowest BCUT2D eigenvalue weighted by Crippen LogP contribution is -2.38. The standard InChI is InChI=1S/C13H15ClN2O4/c14-10-4-5-11(16(18)19)12(8-10)20-9-13(17)15-6-2-1-3-7-15/h4-5,8H,1-3,6-7,9H2. The van der Waals surface area contributed by atoms with Crippen LogP contribution >= 0.6 is 11.6 Å². The predicted octanol–water partition coefficient (Wildman–Crippen LogP) is 2.64. The molecule has 0 bridgehead atoms. The zero-order valence-corrected chi connectivity index (χ0v) is 11.6. The summed E-state index contributed by atoms with van der Waals surface area (Å²) in [4.78, 5) is 24.0. The summed E-state index contributed by atoms with van der Waals surface area (Å²) in [6.07, 6.45) is 3.11. The molecule has 1 aliphatic heterocycles. The van der Waals surface area contributed by atoms with Crippen molar-refractivity contribution in [3.8, 4) is 5.75 Å². The summed E-state index contributed by atoms with van der Waals surface area (Å²) in [5.41, 5.74) is -0.194. The summed E-state index contributed by atoms with van der Waals surface area (Å²) >= 11 is 5.79. The van der Waals surface area contributed by atoms with Crippen LogP contribution in [0.1, 0.15) is 19.3 Å². The molecule has 6 nitrogen and oxygen atoms in total. The quantitative estimate of drug-likeness (QED) is 0.633. The van der Waals surface area contributed by atoms with Gasteiger partial charge in [0, 0.05) is 30.2 Å². The molecule has 0 spiro atoms. The molecule has 0 aromatic heterocycles. The fourth-order valence-corrected chi connectivity index (χ4v) is 2.29. The van der Waals surface area contributed by atoms with Crippen molar-refractivity contribution in [3.63, 3.8) is 0 Å². The van der Waals surface area contributed by atoms with Crippen LogP contribution in [0.2, 0.25) is 5.02 Å². The normalized spacial score (nSPS) is 14.9. The van der Waals surface area contributed by atoms with Gasteiger partial charge in [-0.1, -0.05) is 11.6 Å². The van der Waals surface area contributed by atoms with Crippen LogP contribution in [0.15, 0.2) is 18.2 Å². The lowest BCUT2D eigenvalue weighted by molar-refractivity contribution is -0.385. The van der Waals surface area contributed by atoms with E-state index >= 15 is 0 Å². The molecule has 0 unspecified atom stereocenters. The number of ether oxygens (including phenoxy) is 1. The van der Waals surface area contributed by atoms with Gasteiger partial charge < -0.3 is 9.64 Å². The first-order valence-corrected chi connectivity index (χ1v) is 6.80. The van der Waals surface area contributed by atoms with Crippen molar-refractivity contribution in [1.29, 1.82) is 0 Å². The van der Waals surface area contributed by atoms with Crippen LogP contribution in [0.5, 0.6) is 5.75 Å². The third-order valence-corrected chi connectivity index (χ3v) is 3.41. The maximum atomic E-state index is 11.9. The summed E-state index contributed by atoms with van der Waals surface area (Å²) in [7, 11) is 0. The summed E-state index contributed by atoms with van der Waals surface area (Å²) < 4.78 is 5.28. The molecule has 1 amide bonds. The molecular formula is C13H15ClN2O4. The van der Waals surface area contributed by atoms with Crippen molar-refractivity contribution in [2.45, 2.75) is 19.3 Å². The molecule has 1 saturated heterocycles. The van der Waals surface area contributed by atoms with E-state index in [0.717, 1.165) is 32.4 Å². The molecule has 20 heavy (non-hydrogen) atoms. The number of benzene rings is 1. The Bertz CT molecular complexity index is 515. The fourth-order valence-electron chi connectivity index (χ4n) is 2.13.